The van der Waals surface area contributed by atoms with Crippen molar-refractivity contribution in [3.05, 3.63) is 11.6 Å². The van der Waals surface area contributed by atoms with Crippen LogP contribution >= 0.6 is 0 Å². The van der Waals surface area contributed by atoms with Crippen molar-refractivity contribution in [2.45, 2.75) is 71.1 Å². The summed E-state index contributed by atoms with van der Waals surface area (Å²) in [5.74, 6) is 2.69. The van der Waals surface area contributed by atoms with Crippen LogP contribution in [0, 0.1) is 5.41 Å². The Labute approximate surface area is 116 Å². The summed E-state index contributed by atoms with van der Waals surface area (Å²) in [5.41, 5.74) is 5.95. The number of aromatic nitrogens is 3. The second-order valence-electron chi connectivity index (χ2n) is 6.68. The van der Waals surface area contributed by atoms with Crippen LogP contribution in [0.25, 0.3) is 0 Å². The van der Waals surface area contributed by atoms with Crippen molar-refractivity contribution >= 4 is 0 Å². The van der Waals surface area contributed by atoms with Gasteiger partial charge in [-0.1, -0.05) is 33.1 Å². The van der Waals surface area contributed by atoms with Crippen molar-refractivity contribution in [1.29, 1.82) is 0 Å². The van der Waals surface area contributed by atoms with Crippen molar-refractivity contribution in [3.8, 4) is 0 Å². The number of nitrogens with two attached hydrogens (primary N) is 1. The van der Waals surface area contributed by atoms with Crippen LogP contribution in [0.1, 0.15) is 76.4 Å². The number of nitrogens with one attached hydrogen (secondary N) is 1. The van der Waals surface area contributed by atoms with Crippen LogP contribution in [-0.2, 0) is 6.42 Å². The first kappa shape index (κ1) is 14.5. The van der Waals surface area contributed by atoms with Crippen molar-refractivity contribution < 1.29 is 0 Å². The van der Waals surface area contributed by atoms with Gasteiger partial charge in [-0.25, -0.2) is 4.98 Å². The fourth-order valence-electron chi connectivity index (χ4n) is 2.94. The maximum absolute atomic E-state index is 5.65. The summed E-state index contributed by atoms with van der Waals surface area (Å²) in [6.07, 6.45) is 9.72. The number of nitrogens with zero attached hydrogens (tertiary/aromatic N) is 2. The summed E-state index contributed by atoms with van der Waals surface area (Å²) in [5, 5.41) is 7.55. The van der Waals surface area contributed by atoms with Crippen LogP contribution < -0.4 is 5.73 Å². The molecule has 3 N–H and O–H groups in total. The average Bonchev–Trinajstić information content (AvgIpc) is 2.86. The molecular weight excluding hydrogens is 236 g/mol. The molecule has 0 saturated heterocycles. The Bertz CT molecular complexity index is 377. The first-order chi connectivity index (χ1) is 9.11. The smallest absolute Gasteiger partial charge is 0.153 e. The van der Waals surface area contributed by atoms with E-state index >= 15 is 0 Å². The molecule has 4 nitrogen and oxygen atoms in total. The SMILES string of the molecule is CC(C)(CCN)CCc1nc(C2CCCCC2)n[nH]1. The lowest BCUT2D eigenvalue weighted by atomic mass is 9.84. The summed E-state index contributed by atoms with van der Waals surface area (Å²) in [6.45, 7) is 5.31. The molecule has 19 heavy (non-hydrogen) atoms. The lowest BCUT2D eigenvalue weighted by molar-refractivity contribution is 0.311. The molecule has 1 aliphatic carbocycles. The first-order valence-electron chi connectivity index (χ1n) is 7.72. The zero-order valence-electron chi connectivity index (χ0n) is 12.4. The van der Waals surface area contributed by atoms with Crippen LogP contribution in [0.5, 0.6) is 0 Å². The van der Waals surface area contributed by atoms with Crippen molar-refractivity contribution in [2.24, 2.45) is 11.1 Å². The molecule has 1 aromatic rings. The molecular formula is C15H28N4. The summed E-state index contributed by atoms with van der Waals surface area (Å²) in [6, 6.07) is 0. The molecule has 2 rings (SSSR count). The van der Waals surface area contributed by atoms with Crippen LogP contribution in [0.2, 0.25) is 0 Å². The minimum absolute atomic E-state index is 0.298. The zero-order chi connectivity index (χ0) is 13.7. The monoisotopic (exact) mass is 264 g/mol. The summed E-state index contributed by atoms with van der Waals surface area (Å²) in [4.78, 5) is 4.70. The molecule has 0 amide bonds. The lowest BCUT2D eigenvalue weighted by Crippen LogP contribution is -2.18. The molecule has 0 spiro atoms. The quantitative estimate of drug-likeness (QED) is 0.829. The fourth-order valence-corrected chi connectivity index (χ4v) is 2.94. The lowest BCUT2D eigenvalue weighted by Gasteiger charge is -2.22. The maximum atomic E-state index is 5.65. The average molecular weight is 264 g/mol. The van der Waals surface area contributed by atoms with Crippen molar-refractivity contribution in [1.82, 2.24) is 15.2 Å². The van der Waals surface area contributed by atoms with E-state index in [1.54, 1.807) is 0 Å². The molecule has 1 saturated carbocycles. The Morgan fingerprint density at radius 1 is 1.21 bits per heavy atom. The highest BCUT2D eigenvalue weighted by molar-refractivity contribution is 4.99. The largest absolute Gasteiger partial charge is 0.330 e. The summed E-state index contributed by atoms with van der Waals surface area (Å²) < 4.78 is 0. The van der Waals surface area contributed by atoms with Gasteiger partial charge in [-0.2, -0.15) is 5.10 Å². The van der Waals surface area contributed by atoms with E-state index in [1.807, 2.05) is 0 Å². The standard InChI is InChI=1S/C15H28N4/c1-15(2,10-11-16)9-8-13-17-14(19-18-13)12-6-4-3-5-7-12/h12H,3-11,16H2,1-2H3,(H,17,18,19). The molecule has 1 aliphatic rings. The molecule has 0 aromatic carbocycles. The van der Waals surface area contributed by atoms with E-state index in [2.05, 4.69) is 24.0 Å². The minimum Gasteiger partial charge on any atom is -0.330 e. The molecule has 0 atom stereocenters. The predicted molar refractivity (Wildman–Crippen MR) is 78.0 cm³/mol. The van der Waals surface area contributed by atoms with E-state index in [0.29, 0.717) is 11.3 Å². The normalized spacial score (nSPS) is 17.8. The van der Waals surface area contributed by atoms with Crippen molar-refractivity contribution in [3.63, 3.8) is 0 Å². The topological polar surface area (TPSA) is 67.6 Å². The van der Waals surface area contributed by atoms with Gasteiger partial charge >= 0.3 is 0 Å². The number of hydrogen-bond donors (Lipinski definition) is 2. The van der Waals surface area contributed by atoms with Crippen molar-refractivity contribution in [2.75, 3.05) is 6.54 Å². The van der Waals surface area contributed by atoms with Gasteiger partial charge in [0.05, 0.1) is 0 Å². The second kappa shape index (κ2) is 6.51. The molecule has 4 heteroatoms. The molecule has 1 heterocycles. The molecule has 0 unspecified atom stereocenters. The molecule has 0 radical (unpaired) electrons. The highest BCUT2D eigenvalue weighted by atomic mass is 15.2. The molecule has 1 aromatic heterocycles. The van der Waals surface area contributed by atoms with Crippen LogP contribution in [0.4, 0.5) is 0 Å². The molecule has 108 valence electrons. The fraction of sp³-hybridized carbons (Fsp3) is 0.867. The van der Waals surface area contributed by atoms with Crippen LogP contribution in [0.15, 0.2) is 0 Å². The van der Waals surface area contributed by atoms with Gasteiger partial charge in [-0.15, -0.1) is 0 Å². The van der Waals surface area contributed by atoms with E-state index in [4.69, 9.17) is 10.7 Å². The Morgan fingerprint density at radius 3 is 2.63 bits per heavy atom. The number of rotatable bonds is 6. The van der Waals surface area contributed by atoms with E-state index in [0.717, 1.165) is 37.5 Å². The van der Waals surface area contributed by atoms with E-state index in [9.17, 15) is 0 Å². The molecule has 0 aliphatic heterocycles. The predicted octanol–water partition coefficient (Wildman–Crippen LogP) is 3.16. The third kappa shape index (κ3) is 4.30. The zero-order valence-corrected chi connectivity index (χ0v) is 12.4. The maximum Gasteiger partial charge on any atom is 0.153 e. The van der Waals surface area contributed by atoms with E-state index in [1.165, 1.54) is 32.1 Å². The van der Waals surface area contributed by atoms with Gasteiger partial charge in [-0.05, 0) is 37.6 Å². The van der Waals surface area contributed by atoms with Crippen LogP contribution in [-0.4, -0.2) is 21.7 Å². The third-order valence-corrected chi connectivity index (χ3v) is 4.38. The molecule has 1 fully saturated rings. The Hall–Kier alpha value is -0.900. The van der Waals surface area contributed by atoms with Gasteiger partial charge in [0.2, 0.25) is 0 Å². The summed E-state index contributed by atoms with van der Waals surface area (Å²) in [7, 11) is 0. The Balaban J connectivity index is 1.86. The van der Waals surface area contributed by atoms with Gasteiger partial charge in [0.15, 0.2) is 5.82 Å². The first-order valence-corrected chi connectivity index (χ1v) is 7.72. The summed E-state index contributed by atoms with van der Waals surface area (Å²) >= 11 is 0. The number of aromatic amines is 1. The highest BCUT2D eigenvalue weighted by Crippen LogP contribution is 2.31. The number of H-pyrrole nitrogens is 1. The molecule has 0 bridgehead atoms. The second-order valence-corrected chi connectivity index (χ2v) is 6.68. The van der Waals surface area contributed by atoms with Crippen LogP contribution in [0.3, 0.4) is 0 Å². The van der Waals surface area contributed by atoms with E-state index in [-0.39, 0.29) is 0 Å². The Morgan fingerprint density at radius 2 is 1.95 bits per heavy atom. The van der Waals surface area contributed by atoms with Gasteiger partial charge < -0.3 is 5.73 Å². The Kier molecular flexibility index (Phi) is 4.97. The van der Waals surface area contributed by atoms with Gasteiger partial charge in [0.25, 0.3) is 0 Å². The van der Waals surface area contributed by atoms with E-state index < -0.39 is 0 Å². The van der Waals surface area contributed by atoms with Gasteiger partial charge in [-0.3, -0.25) is 5.10 Å². The van der Waals surface area contributed by atoms with Gasteiger partial charge in [0.1, 0.15) is 5.82 Å². The number of hydrogen-bond acceptors (Lipinski definition) is 3. The highest BCUT2D eigenvalue weighted by Gasteiger charge is 2.21. The third-order valence-electron chi connectivity index (χ3n) is 4.38. The number of aryl methyl sites for hydroxylation is 1. The minimum atomic E-state index is 0.298. The van der Waals surface area contributed by atoms with Gasteiger partial charge in [0, 0.05) is 12.3 Å².